The number of hydrogen-bond acceptors (Lipinski definition) is 8. The highest BCUT2D eigenvalue weighted by atomic mass is 32.1. The number of thiocarbonyl (C=S) groups is 1. The van der Waals surface area contributed by atoms with E-state index in [1.165, 1.54) is 0 Å². The van der Waals surface area contributed by atoms with Gasteiger partial charge in [-0.3, -0.25) is 24.3 Å². The number of isothiocyanates is 1. The maximum atomic E-state index is 11.2. The number of nitrogens with one attached hydrogen (secondary N) is 1. The molecule has 1 saturated heterocycles. The molecule has 0 aromatic heterocycles. The van der Waals surface area contributed by atoms with Gasteiger partial charge in [0.1, 0.15) is 0 Å². The molecule has 9 nitrogen and oxygen atoms in total. The summed E-state index contributed by atoms with van der Waals surface area (Å²) < 4.78 is 0. The van der Waals surface area contributed by atoms with Crippen molar-refractivity contribution in [1.29, 1.82) is 0 Å². The summed E-state index contributed by atoms with van der Waals surface area (Å²) in [4.78, 5) is 32.4. The van der Waals surface area contributed by atoms with Crippen molar-refractivity contribution in [3.05, 3.63) is 29.8 Å². The molecule has 0 spiro atoms. The number of aliphatic carboxylic acids is 2. The highest BCUT2D eigenvalue weighted by Crippen LogP contribution is 2.14. The van der Waals surface area contributed by atoms with Crippen molar-refractivity contribution in [1.82, 2.24) is 20.0 Å². The lowest BCUT2D eigenvalue weighted by atomic mass is 10.2. The van der Waals surface area contributed by atoms with E-state index in [4.69, 9.17) is 0 Å². The van der Waals surface area contributed by atoms with Crippen LogP contribution in [0.15, 0.2) is 29.3 Å². The van der Waals surface area contributed by atoms with Gasteiger partial charge in [-0.05, 0) is 29.9 Å². The Labute approximate surface area is 182 Å². The van der Waals surface area contributed by atoms with Crippen LogP contribution in [0.25, 0.3) is 0 Å². The summed E-state index contributed by atoms with van der Waals surface area (Å²) in [5, 5.41) is 24.0. The first-order chi connectivity index (χ1) is 14.5. The molecule has 0 aliphatic carbocycles. The van der Waals surface area contributed by atoms with Gasteiger partial charge >= 0.3 is 11.9 Å². The minimum atomic E-state index is -0.837. The molecule has 1 fully saturated rings. The Morgan fingerprint density at radius 3 is 1.87 bits per heavy atom. The van der Waals surface area contributed by atoms with Crippen LogP contribution < -0.4 is 5.32 Å². The molecule has 1 aliphatic heterocycles. The van der Waals surface area contributed by atoms with Gasteiger partial charge in [0, 0.05) is 58.9 Å². The molecule has 0 saturated carbocycles. The number of nitrogens with zero attached hydrogens (tertiary/aromatic N) is 4. The van der Waals surface area contributed by atoms with Crippen LogP contribution in [0, 0.1) is 0 Å². The molecule has 1 aromatic carbocycles. The summed E-state index contributed by atoms with van der Waals surface area (Å²) in [6.45, 7) is 5.90. The number of benzene rings is 1. The van der Waals surface area contributed by atoms with Crippen molar-refractivity contribution < 1.29 is 19.8 Å². The van der Waals surface area contributed by atoms with Crippen molar-refractivity contribution >= 4 is 35.0 Å². The van der Waals surface area contributed by atoms with Crippen LogP contribution in [0.4, 0.5) is 5.69 Å². The summed E-state index contributed by atoms with van der Waals surface area (Å²) in [6.07, 6.45) is 0. The number of carbonyl (C=O) groups is 2. The molecule has 1 heterocycles. The molecule has 1 aliphatic rings. The maximum absolute atomic E-state index is 11.2. The Kier molecular flexibility index (Phi) is 10.6. The number of carboxylic acids is 2. The monoisotopic (exact) mass is 435 g/mol. The number of hydrogen-bond donors (Lipinski definition) is 3. The minimum absolute atomic E-state index is 0.00490. The average Bonchev–Trinajstić information content (AvgIpc) is 2.68. The van der Waals surface area contributed by atoms with E-state index < -0.39 is 11.9 Å². The number of carboxylic acid groups (broad SMARTS) is 2. The van der Waals surface area contributed by atoms with Crippen LogP contribution in [0.5, 0.6) is 0 Å². The second-order valence-corrected chi connectivity index (χ2v) is 7.42. The van der Waals surface area contributed by atoms with Crippen LogP contribution in [0.2, 0.25) is 0 Å². The average molecular weight is 436 g/mol. The lowest BCUT2D eigenvalue weighted by Crippen LogP contribution is -2.46. The third-order valence-electron chi connectivity index (χ3n) is 4.91. The van der Waals surface area contributed by atoms with Gasteiger partial charge in [-0.2, -0.15) is 4.99 Å². The molecule has 2 rings (SSSR count). The summed E-state index contributed by atoms with van der Waals surface area (Å²) >= 11 is 4.63. The second kappa shape index (κ2) is 13.2. The van der Waals surface area contributed by atoms with E-state index in [9.17, 15) is 19.8 Å². The fraction of sp³-hybridized carbons (Fsp3) is 0.550. The molecule has 10 heteroatoms. The van der Waals surface area contributed by atoms with E-state index in [1.807, 2.05) is 34.1 Å². The fourth-order valence-corrected chi connectivity index (χ4v) is 3.45. The lowest BCUT2D eigenvalue weighted by Gasteiger charge is -2.30. The zero-order valence-corrected chi connectivity index (χ0v) is 17.8. The minimum Gasteiger partial charge on any atom is -0.480 e. The molecule has 1 aromatic rings. The summed E-state index contributed by atoms with van der Waals surface area (Å²) in [7, 11) is 0. The Hall–Kier alpha value is -2.20. The van der Waals surface area contributed by atoms with Gasteiger partial charge in [0.15, 0.2) is 0 Å². The fourth-order valence-electron chi connectivity index (χ4n) is 3.34. The second-order valence-electron chi connectivity index (χ2n) is 7.24. The molecular weight excluding hydrogens is 406 g/mol. The number of aliphatic imine (C=N–C) groups is 1. The normalized spacial score (nSPS) is 18.0. The smallest absolute Gasteiger partial charge is 0.317 e. The van der Waals surface area contributed by atoms with E-state index in [-0.39, 0.29) is 13.1 Å². The molecule has 0 amide bonds. The third kappa shape index (κ3) is 9.53. The highest BCUT2D eigenvalue weighted by molar-refractivity contribution is 7.78. The van der Waals surface area contributed by atoms with E-state index in [2.05, 4.69) is 32.6 Å². The van der Waals surface area contributed by atoms with E-state index in [0.29, 0.717) is 58.9 Å². The van der Waals surface area contributed by atoms with Crippen molar-refractivity contribution in [3.63, 3.8) is 0 Å². The SMILES string of the molecule is O=C(O)CN1CCNCCN(CC(=O)O)CCN(Cc2ccc(N=C=S)cc2)CC1. The molecule has 0 unspecified atom stereocenters. The van der Waals surface area contributed by atoms with Gasteiger partial charge in [0.25, 0.3) is 0 Å². The van der Waals surface area contributed by atoms with Gasteiger partial charge in [-0.15, -0.1) is 0 Å². The zero-order chi connectivity index (χ0) is 21.8. The topological polar surface area (TPSA) is 109 Å². The van der Waals surface area contributed by atoms with Crippen LogP contribution >= 0.6 is 12.2 Å². The summed E-state index contributed by atoms with van der Waals surface area (Å²) in [5.41, 5.74) is 1.84. The van der Waals surface area contributed by atoms with Gasteiger partial charge in [0.05, 0.1) is 23.9 Å². The van der Waals surface area contributed by atoms with Crippen LogP contribution in [-0.4, -0.2) is 107 Å². The van der Waals surface area contributed by atoms with E-state index in [0.717, 1.165) is 11.3 Å². The molecule has 0 atom stereocenters. The third-order valence-corrected chi connectivity index (χ3v) is 5.00. The van der Waals surface area contributed by atoms with Crippen LogP contribution in [-0.2, 0) is 16.1 Å². The molecule has 30 heavy (non-hydrogen) atoms. The van der Waals surface area contributed by atoms with Crippen LogP contribution in [0.1, 0.15) is 5.56 Å². The Balaban J connectivity index is 2.08. The molecule has 0 bridgehead atoms. The predicted octanol–water partition coefficient (Wildman–Crippen LogP) is 0.599. The highest BCUT2D eigenvalue weighted by Gasteiger charge is 2.16. The summed E-state index contributed by atoms with van der Waals surface area (Å²) in [5.74, 6) is -1.67. The Bertz CT molecular complexity index is 709. The quantitative estimate of drug-likeness (QED) is 0.419. The first-order valence-corrected chi connectivity index (χ1v) is 10.4. The van der Waals surface area contributed by atoms with Crippen molar-refractivity contribution in [3.8, 4) is 0 Å². The maximum Gasteiger partial charge on any atom is 0.317 e. The van der Waals surface area contributed by atoms with Crippen molar-refractivity contribution in [2.45, 2.75) is 6.54 Å². The Morgan fingerprint density at radius 2 is 1.40 bits per heavy atom. The predicted molar refractivity (Wildman–Crippen MR) is 117 cm³/mol. The Morgan fingerprint density at radius 1 is 0.900 bits per heavy atom. The lowest BCUT2D eigenvalue weighted by molar-refractivity contribution is -0.139. The first-order valence-electron chi connectivity index (χ1n) is 9.94. The van der Waals surface area contributed by atoms with E-state index in [1.54, 1.807) is 0 Å². The van der Waals surface area contributed by atoms with Gasteiger partial charge in [-0.1, -0.05) is 12.1 Å². The standard InChI is InChI=1S/C20H29N5O4S/c26-19(27)14-23-7-5-21-6-8-24(15-20(28)29)10-12-25(11-9-23)13-17-1-3-18(4-2-17)22-16-30/h1-4,21H,5-15H2,(H,26,27)(H,28,29). The molecular formula is C20H29N5O4S. The molecule has 0 radical (unpaired) electrons. The van der Waals surface area contributed by atoms with E-state index >= 15 is 0 Å². The zero-order valence-electron chi connectivity index (χ0n) is 17.0. The molecule has 164 valence electrons. The largest absolute Gasteiger partial charge is 0.480 e. The number of rotatable bonds is 7. The van der Waals surface area contributed by atoms with Gasteiger partial charge in [-0.25, -0.2) is 0 Å². The van der Waals surface area contributed by atoms with Gasteiger partial charge < -0.3 is 15.5 Å². The van der Waals surface area contributed by atoms with Crippen molar-refractivity contribution in [2.75, 3.05) is 65.4 Å². The van der Waals surface area contributed by atoms with Crippen molar-refractivity contribution in [2.24, 2.45) is 4.99 Å². The van der Waals surface area contributed by atoms with Crippen LogP contribution in [0.3, 0.4) is 0 Å². The molecule has 3 N–H and O–H groups in total. The summed E-state index contributed by atoms with van der Waals surface area (Å²) in [6, 6.07) is 7.72. The van der Waals surface area contributed by atoms with Gasteiger partial charge in [0.2, 0.25) is 0 Å². The first kappa shape index (κ1) is 24.1.